The first-order valence-corrected chi connectivity index (χ1v) is 6.39. The first-order valence-electron chi connectivity index (χ1n) is 6.39. The molecule has 19 heavy (non-hydrogen) atoms. The molecule has 1 aromatic carbocycles. The number of methoxy groups -OCH3 is 1. The van der Waals surface area contributed by atoms with Crippen LogP contribution >= 0.6 is 0 Å². The zero-order valence-electron chi connectivity index (χ0n) is 11.7. The summed E-state index contributed by atoms with van der Waals surface area (Å²) in [4.78, 5) is 11.7. The maximum Gasteiger partial charge on any atom is 0.243 e. The monoisotopic (exact) mass is 266 g/mol. The van der Waals surface area contributed by atoms with Gasteiger partial charge in [-0.3, -0.25) is 4.79 Å². The number of anilines is 1. The molecule has 0 saturated carbocycles. The zero-order chi connectivity index (χ0) is 14.3. The zero-order valence-corrected chi connectivity index (χ0v) is 11.7. The minimum absolute atomic E-state index is 0.176. The van der Waals surface area contributed by atoms with E-state index in [2.05, 4.69) is 12.2 Å². The molecule has 0 heterocycles. The van der Waals surface area contributed by atoms with Crippen molar-refractivity contribution < 1.29 is 14.3 Å². The predicted octanol–water partition coefficient (Wildman–Crippen LogP) is 1.78. The lowest BCUT2D eigenvalue weighted by molar-refractivity contribution is -0.118. The Kier molecular flexibility index (Phi) is 6.32. The number of carbonyl (C=O) groups is 1. The van der Waals surface area contributed by atoms with Gasteiger partial charge >= 0.3 is 0 Å². The Labute approximate surface area is 114 Å². The maximum atomic E-state index is 11.7. The fraction of sp³-hybridized carbons (Fsp3) is 0.500. The molecule has 1 aromatic rings. The molecule has 0 spiro atoms. The number of amides is 1. The van der Waals surface area contributed by atoms with Crippen LogP contribution in [0.4, 0.5) is 5.69 Å². The quantitative estimate of drug-likeness (QED) is 0.789. The van der Waals surface area contributed by atoms with E-state index >= 15 is 0 Å². The van der Waals surface area contributed by atoms with Gasteiger partial charge in [0, 0.05) is 12.8 Å². The third-order valence-corrected chi connectivity index (χ3v) is 2.72. The van der Waals surface area contributed by atoms with Crippen LogP contribution in [0.5, 0.6) is 5.75 Å². The van der Waals surface area contributed by atoms with Crippen LogP contribution in [0.15, 0.2) is 24.3 Å². The average molecular weight is 266 g/mol. The van der Waals surface area contributed by atoms with Crippen LogP contribution < -0.4 is 15.8 Å². The summed E-state index contributed by atoms with van der Waals surface area (Å²) in [5, 5.41) is 2.72. The number of hydrogen-bond acceptors (Lipinski definition) is 4. The van der Waals surface area contributed by atoms with E-state index in [1.165, 1.54) is 7.11 Å². The number of hydrogen-bond donors (Lipinski definition) is 2. The van der Waals surface area contributed by atoms with Gasteiger partial charge < -0.3 is 20.5 Å². The van der Waals surface area contributed by atoms with E-state index < -0.39 is 6.04 Å². The fourth-order valence-electron chi connectivity index (χ4n) is 1.42. The van der Waals surface area contributed by atoms with Crippen molar-refractivity contribution >= 4 is 11.6 Å². The molecule has 0 aliphatic heterocycles. The summed E-state index contributed by atoms with van der Waals surface area (Å²) < 4.78 is 10.5. The normalized spacial score (nSPS) is 13.7. The molecule has 1 amide bonds. The highest BCUT2D eigenvalue weighted by atomic mass is 16.5. The van der Waals surface area contributed by atoms with Gasteiger partial charge in [0.15, 0.2) is 0 Å². The van der Waals surface area contributed by atoms with Crippen molar-refractivity contribution in [1.29, 1.82) is 0 Å². The minimum atomic E-state index is -0.666. The fourth-order valence-corrected chi connectivity index (χ4v) is 1.42. The van der Waals surface area contributed by atoms with Gasteiger partial charge in [-0.2, -0.15) is 0 Å². The molecule has 0 aliphatic carbocycles. The van der Waals surface area contributed by atoms with Crippen molar-refractivity contribution in [2.24, 2.45) is 5.73 Å². The van der Waals surface area contributed by atoms with E-state index in [1.54, 1.807) is 12.1 Å². The molecule has 0 aromatic heterocycles. The van der Waals surface area contributed by atoms with Crippen molar-refractivity contribution in [2.75, 3.05) is 19.0 Å². The highest BCUT2D eigenvalue weighted by molar-refractivity contribution is 5.94. The molecule has 0 fully saturated rings. The summed E-state index contributed by atoms with van der Waals surface area (Å²) in [7, 11) is 1.51. The Balaban J connectivity index is 2.54. The summed E-state index contributed by atoms with van der Waals surface area (Å²) in [5.41, 5.74) is 6.32. The summed E-state index contributed by atoms with van der Waals surface area (Å²) in [6, 6.07) is 6.55. The lowest BCUT2D eigenvalue weighted by atomic mass is 10.2. The number of rotatable bonds is 7. The van der Waals surface area contributed by atoms with Crippen LogP contribution in [0.1, 0.15) is 20.3 Å². The standard InChI is InChI=1S/C14H22N2O3/c1-4-10(2)19-12-7-5-11(6-8-12)16-14(17)13(15)9-18-3/h5-8,10,13H,4,9,15H2,1-3H3,(H,16,17). The molecule has 1 rings (SSSR count). The Hall–Kier alpha value is -1.59. The highest BCUT2D eigenvalue weighted by Crippen LogP contribution is 2.17. The first-order chi connectivity index (χ1) is 9.06. The lowest BCUT2D eigenvalue weighted by Gasteiger charge is -2.14. The molecule has 3 N–H and O–H groups in total. The smallest absolute Gasteiger partial charge is 0.243 e. The molecular formula is C14H22N2O3. The summed E-state index contributed by atoms with van der Waals surface area (Å²) >= 11 is 0. The van der Waals surface area contributed by atoms with E-state index in [9.17, 15) is 4.79 Å². The second-order valence-electron chi connectivity index (χ2n) is 4.41. The Morgan fingerprint density at radius 3 is 2.53 bits per heavy atom. The van der Waals surface area contributed by atoms with Crippen LogP contribution in [0, 0.1) is 0 Å². The third kappa shape index (κ3) is 5.28. The average Bonchev–Trinajstić information content (AvgIpc) is 2.41. The third-order valence-electron chi connectivity index (χ3n) is 2.72. The first kappa shape index (κ1) is 15.5. The number of ether oxygens (including phenoxy) is 2. The number of benzene rings is 1. The summed E-state index contributed by atoms with van der Waals surface area (Å²) in [6.45, 7) is 4.27. The van der Waals surface area contributed by atoms with Crippen LogP contribution in [-0.2, 0) is 9.53 Å². The molecule has 5 nitrogen and oxygen atoms in total. The van der Waals surface area contributed by atoms with Gasteiger partial charge in [0.25, 0.3) is 0 Å². The summed E-state index contributed by atoms with van der Waals surface area (Å²) in [5.74, 6) is 0.519. The molecular weight excluding hydrogens is 244 g/mol. The van der Waals surface area contributed by atoms with Crippen molar-refractivity contribution in [3.8, 4) is 5.75 Å². The second-order valence-corrected chi connectivity index (χ2v) is 4.41. The molecule has 2 atom stereocenters. The van der Waals surface area contributed by atoms with Crippen LogP contribution in [0.3, 0.4) is 0 Å². The molecule has 106 valence electrons. The van der Waals surface area contributed by atoms with Gasteiger partial charge in [-0.05, 0) is 37.6 Å². The highest BCUT2D eigenvalue weighted by Gasteiger charge is 2.13. The van der Waals surface area contributed by atoms with Gasteiger partial charge in [-0.25, -0.2) is 0 Å². The van der Waals surface area contributed by atoms with Crippen LogP contribution in [-0.4, -0.2) is 31.8 Å². The largest absolute Gasteiger partial charge is 0.491 e. The number of nitrogens with two attached hydrogens (primary N) is 1. The molecule has 2 unspecified atom stereocenters. The van der Waals surface area contributed by atoms with E-state index in [0.29, 0.717) is 5.69 Å². The summed E-state index contributed by atoms with van der Waals surface area (Å²) in [6.07, 6.45) is 1.13. The van der Waals surface area contributed by atoms with Gasteiger partial charge in [0.1, 0.15) is 11.8 Å². The second kappa shape index (κ2) is 7.76. The van der Waals surface area contributed by atoms with Gasteiger partial charge in [0.05, 0.1) is 12.7 Å². The maximum absolute atomic E-state index is 11.7. The number of carbonyl (C=O) groups excluding carboxylic acids is 1. The van der Waals surface area contributed by atoms with Crippen LogP contribution in [0.2, 0.25) is 0 Å². The molecule has 0 saturated heterocycles. The molecule has 5 heteroatoms. The van der Waals surface area contributed by atoms with Crippen molar-refractivity contribution in [3.05, 3.63) is 24.3 Å². The Morgan fingerprint density at radius 2 is 2.00 bits per heavy atom. The van der Waals surface area contributed by atoms with E-state index in [1.807, 2.05) is 19.1 Å². The topological polar surface area (TPSA) is 73.6 Å². The Bertz CT molecular complexity index is 392. The van der Waals surface area contributed by atoms with Gasteiger partial charge in [-0.15, -0.1) is 0 Å². The van der Waals surface area contributed by atoms with Crippen molar-refractivity contribution in [3.63, 3.8) is 0 Å². The van der Waals surface area contributed by atoms with Crippen molar-refractivity contribution in [1.82, 2.24) is 0 Å². The molecule has 0 bridgehead atoms. The van der Waals surface area contributed by atoms with Gasteiger partial charge in [-0.1, -0.05) is 6.92 Å². The van der Waals surface area contributed by atoms with E-state index in [4.69, 9.17) is 15.2 Å². The van der Waals surface area contributed by atoms with E-state index in [0.717, 1.165) is 12.2 Å². The Morgan fingerprint density at radius 1 is 1.37 bits per heavy atom. The lowest BCUT2D eigenvalue weighted by Crippen LogP contribution is -2.39. The minimum Gasteiger partial charge on any atom is -0.491 e. The predicted molar refractivity (Wildman–Crippen MR) is 75.3 cm³/mol. The van der Waals surface area contributed by atoms with Gasteiger partial charge in [0.2, 0.25) is 5.91 Å². The van der Waals surface area contributed by atoms with Crippen LogP contribution in [0.25, 0.3) is 0 Å². The van der Waals surface area contributed by atoms with E-state index in [-0.39, 0.29) is 18.6 Å². The SMILES string of the molecule is CCC(C)Oc1ccc(NC(=O)C(N)COC)cc1. The van der Waals surface area contributed by atoms with Crippen molar-refractivity contribution in [2.45, 2.75) is 32.4 Å². The molecule has 0 aliphatic rings. The molecule has 0 radical (unpaired) electrons. The number of nitrogens with one attached hydrogen (secondary N) is 1.